The number of rotatable bonds is 4. The smallest absolute Gasteiger partial charge is 0.319 e. The van der Waals surface area contributed by atoms with E-state index in [0.29, 0.717) is 23.9 Å². The van der Waals surface area contributed by atoms with Gasteiger partial charge in [0.1, 0.15) is 5.82 Å². The van der Waals surface area contributed by atoms with Gasteiger partial charge in [-0.1, -0.05) is 32.0 Å². The molecule has 118 valence electrons. The maximum atomic E-state index is 12.1. The number of hydrogen-bond donors (Lipinski definition) is 3. The Balaban J connectivity index is 1.64. The number of benzene rings is 1. The average molecular weight is 309 g/mol. The Bertz CT molecular complexity index is 791. The van der Waals surface area contributed by atoms with E-state index in [1.807, 2.05) is 36.4 Å². The van der Waals surface area contributed by atoms with Crippen molar-refractivity contribution in [3.63, 3.8) is 0 Å². The number of H-pyrrole nitrogens is 1. The van der Waals surface area contributed by atoms with Crippen LogP contribution >= 0.6 is 0 Å². The molecule has 3 N–H and O–H groups in total. The summed E-state index contributed by atoms with van der Waals surface area (Å²) in [4.78, 5) is 23.7. The van der Waals surface area contributed by atoms with Crippen molar-refractivity contribution in [2.24, 2.45) is 0 Å². The number of nitrogens with one attached hydrogen (secondary N) is 3. The maximum absolute atomic E-state index is 12.1. The molecule has 3 rings (SSSR count). The van der Waals surface area contributed by atoms with Crippen molar-refractivity contribution in [1.29, 1.82) is 0 Å². The highest BCUT2D eigenvalue weighted by atomic mass is 16.2. The van der Waals surface area contributed by atoms with Gasteiger partial charge in [-0.15, -0.1) is 0 Å². The lowest BCUT2D eigenvalue weighted by Gasteiger charge is -2.13. The van der Waals surface area contributed by atoms with Gasteiger partial charge in [0.2, 0.25) is 0 Å². The zero-order valence-corrected chi connectivity index (χ0v) is 13.1. The number of hydrogen-bond acceptors (Lipinski definition) is 3. The molecule has 2 aromatic heterocycles. The summed E-state index contributed by atoms with van der Waals surface area (Å²) in [6, 6.07) is 11.3. The number of pyridine rings is 1. The van der Waals surface area contributed by atoms with Gasteiger partial charge >= 0.3 is 6.03 Å². The number of aromatic nitrogens is 3. The third kappa shape index (κ3) is 3.48. The second kappa shape index (κ2) is 6.48. The topological polar surface area (TPSA) is 82.7 Å². The Hall–Kier alpha value is -2.89. The molecule has 1 aromatic carbocycles. The SMILES string of the molecule is CC(C)c1ccccc1NC(=O)NCc1nc2ncccc2[nH]1. The Labute approximate surface area is 134 Å². The minimum Gasteiger partial charge on any atom is -0.339 e. The van der Waals surface area contributed by atoms with Crippen molar-refractivity contribution in [1.82, 2.24) is 20.3 Å². The Morgan fingerprint density at radius 3 is 2.83 bits per heavy atom. The Kier molecular flexibility index (Phi) is 4.23. The predicted octanol–water partition coefficient (Wildman–Crippen LogP) is 3.40. The van der Waals surface area contributed by atoms with E-state index in [9.17, 15) is 4.79 Å². The highest BCUT2D eigenvalue weighted by molar-refractivity contribution is 5.90. The number of urea groups is 1. The molecule has 2 amide bonds. The molecule has 0 aliphatic rings. The quantitative estimate of drug-likeness (QED) is 0.690. The first-order chi connectivity index (χ1) is 11.1. The van der Waals surface area contributed by atoms with E-state index >= 15 is 0 Å². The molecule has 0 radical (unpaired) electrons. The van der Waals surface area contributed by atoms with Gasteiger partial charge < -0.3 is 15.6 Å². The molecule has 0 atom stereocenters. The molecule has 23 heavy (non-hydrogen) atoms. The van der Waals surface area contributed by atoms with Gasteiger partial charge in [0.05, 0.1) is 12.1 Å². The van der Waals surface area contributed by atoms with E-state index < -0.39 is 0 Å². The van der Waals surface area contributed by atoms with Crippen LogP contribution in [0.1, 0.15) is 31.2 Å². The third-order valence-corrected chi connectivity index (χ3v) is 3.55. The van der Waals surface area contributed by atoms with Crippen LogP contribution < -0.4 is 10.6 Å². The first kappa shape index (κ1) is 15.0. The lowest BCUT2D eigenvalue weighted by molar-refractivity contribution is 0.251. The van der Waals surface area contributed by atoms with Gasteiger partial charge in [0.25, 0.3) is 0 Å². The number of nitrogens with zero attached hydrogens (tertiary/aromatic N) is 2. The fourth-order valence-corrected chi connectivity index (χ4v) is 2.42. The number of amides is 2. The largest absolute Gasteiger partial charge is 0.339 e. The van der Waals surface area contributed by atoms with Crippen molar-refractivity contribution in [2.75, 3.05) is 5.32 Å². The molecule has 0 unspecified atom stereocenters. The highest BCUT2D eigenvalue weighted by Gasteiger charge is 2.09. The average Bonchev–Trinajstić information content (AvgIpc) is 2.96. The molecule has 0 saturated carbocycles. The Morgan fingerprint density at radius 2 is 2.04 bits per heavy atom. The van der Waals surface area contributed by atoms with Gasteiger partial charge in [-0.25, -0.2) is 14.8 Å². The predicted molar refractivity (Wildman–Crippen MR) is 90.3 cm³/mol. The minimum atomic E-state index is -0.258. The molecule has 0 aliphatic heterocycles. The van der Waals surface area contributed by atoms with Crippen LogP contribution in [0.4, 0.5) is 10.5 Å². The van der Waals surface area contributed by atoms with Crippen molar-refractivity contribution in [3.8, 4) is 0 Å². The molecule has 0 saturated heterocycles. The molecular formula is C17H19N5O. The minimum absolute atomic E-state index is 0.258. The van der Waals surface area contributed by atoms with Crippen LogP contribution in [0.25, 0.3) is 11.2 Å². The summed E-state index contributed by atoms with van der Waals surface area (Å²) in [6.45, 7) is 4.51. The monoisotopic (exact) mass is 309 g/mol. The fraction of sp³-hybridized carbons (Fsp3) is 0.235. The van der Waals surface area contributed by atoms with E-state index in [0.717, 1.165) is 16.8 Å². The molecule has 0 aliphatic carbocycles. The van der Waals surface area contributed by atoms with E-state index in [-0.39, 0.29) is 6.03 Å². The number of imidazole rings is 1. The lowest BCUT2D eigenvalue weighted by Crippen LogP contribution is -2.29. The van der Waals surface area contributed by atoms with Crippen molar-refractivity contribution >= 4 is 22.9 Å². The van der Waals surface area contributed by atoms with Gasteiger partial charge in [0.15, 0.2) is 5.65 Å². The van der Waals surface area contributed by atoms with Crippen LogP contribution in [-0.2, 0) is 6.54 Å². The van der Waals surface area contributed by atoms with Gasteiger partial charge in [0, 0.05) is 11.9 Å². The summed E-state index contributed by atoms with van der Waals surface area (Å²) < 4.78 is 0. The zero-order valence-electron chi connectivity index (χ0n) is 13.1. The van der Waals surface area contributed by atoms with Gasteiger partial charge in [-0.2, -0.15) is 0 Å². The normalized spacial score (nSPS) is 10.9. The van der Waals surface area contributed by atoms with Crippen LogP contribution in [0.15, 0.2) is 42.6 Å². The second-order valence-electron chi connectivity index (χ2n) is 5.61. The van der Waals surface area contributed by atoms with Crippen LogP contribution in [-0.4, -0.2) is 21.0 Å². The summed E-state index contributed by atoms with van der Waals surface area (Å²) in [6.07, 6.45) is 1.69. The van der Waals surface area contributed by atoms with Crippen molar-refractivity contribution in [3.05, 3.63) is 54.0 Å². The number of aromatic amines is 1. The first-order valence-electron chi connectivity index (χ1n) is 7.57. The number of para-hydroxylation sites is 1. The summed E-state index contributed by atoms with van der Waals surface area (Å²) in [7, 11) is 0. The third-order valence-electron chi connectivity index (χ3n) is 3.55. The van der Waals surface area contributed by atoms with Gasteiger partial charge in [-0.05, 0) is 29.7 Å². The molecule has 6 nitrogen and oxygen atoms in total. The number of carbonyl (C=O) groups excluding carboxylic acids is 1. The van der Waals surface area contributed by atoms with Crippen LogP contribution in [0.5, 0.6) is 0 Å². The molecule has 6 heteroatoms. The zero-order chi connectivity index (χ0) is 16.2. The van der Waals surface area contributed by atoms with Gasteiger partial charge in [-0.3, -0.25) is 0 Å². The van der Waals surface area contributed by atoms with Crippen LogP contribution in [0, 0.1) is 0 Å². The second-order valence-corrected chi connectivity index (χ2v) is 5.61. The standard InChI is InChI=1S/C17H19N5O/c1-11(2)12-6-3-4-7-13(12)21-17(23)19-10-15-20-14-8-5-9-18-16(14)22-15/h3-9,11H,10H2,1-2H3,(H,18,20,22)(H2,19,21,23). The molecule has 0 fully saturated rings. The van der Waals surface area contributed by atoms with Crippen molar-refractivity contribution < 1.29 is 4.79 Å². The Morgan fingerprint density at radius 1 is 1.22 bits per heavy atom. The number of anilines is 1. The number of fused-ring (bicyclic) bond motifs is 1. The van der Waals surface area contributed by atoms with Crippen LogP contribution in [0.3, 0.4) is 0 Å². The summed E-state index contributed by atoms with van der Waals surface area (Å²) in [5, 5.41) is 5.69. The van der Waals surface area contributed by atoms with E-state index in [4.69, 9.17) is 0 Å². The van der Waals surface area contributed by atoms with Crippen LogP contribution in [0.2, 0.25) is 0 Å². The lowest BCUT2D eigenvalue weighted by atomic mass is 10.0. The number of carbonyl (C=O) groups is 1. The molecule has 3 aromatic rings. The molecule has 0 spiro atoms. The summed E-state index contributed by atoms with van der Waals surface area (Å²) >= 11 is 0. The summed E-state index contributed by atoms with van der Waals surface area (Å²) in [5.74, 6) is 1.01. The molecular weight excluding hydrogens is 290 g/mol. The first-order valence-corrected chi connectivity index (χ1v) is 7.57. The summed E-state index contributed by atoms with van der Waals surface area (Å²) in [5.41, 5.74) is 3.44. The highest BCUT2D eigenvalue weighted by Crippen LogP contribution is 2.23. The van der Waals surface area contributed by atoms with E-state index in [2.05, 4.69) is 39.4 Å². The van der Waals surface area contributed by atoms with E-state index in [1.165, 1.54) is 0 Å². The fourth-order valence-electron chi connectivity index (χ4n) is 2.42. The maximum Gasteiger partial charge on any atom is 0.319 e. The molecule has 0 bridgehead atoms. The molecule has 2 heterocycles. The van der Waals surface area contributed by atoms with Crippen molar-refractivity contribution in [2.45, 2.75) is 26.3 Å². The van der Waals surface area contributed by atoms with E-state index in [1.54, 1.807) is 6.20 Å².